The van der Waals surface area contributed by atoms with Crippen molar-refractivity contribution in [1.82, 2.24) is 10.2 Å². The third-order valence-electron chi connectivity index (χ3n) is 5.10. The topological polar surface area (TPSA) is 15.3 Å². The molecule has 1 heterocycles. The molecule has 0 amide bonds. The second-order valence-corrected chi connectivity index (χ2v) is 7.47. The van der Waals surface area contributed by atoms with E-state index >= 15 is 0 Å². The zero-order valence-electron chi connectivity index (χ0n) is 12.8. The smallest absolute Gasteiger partial charge is 0.0244 e. The molecule has 106 valence electrons. The predicted octanol–water partition coefficient (Wildman–Crippen LogP) is 3.28. The fourth-order valence-corrected chi connectivity index (χ4v) is 3.24. The number of nitrogens with zero attached hydrogens (tertiary/aromatic N) is 1. The molecular formula is C16H32N2. The van der Waals surface area contributed by atoms with E-state index in [-0.39, 0.29) is 0 Å². The first-order valence-corrected chi connectivity index (χ1v) is 7.98. The summed E-state index contributed by atoms with van der Waals surface area (Å²) in [5, 5.41) is 3.76. The van der Waals surface area contributed by atoms with E-state index in [0.717, 1.165) is 12.0 Å². The summed E-state index contributed by atoms with van der Waals surface area (Å²) in [6, 6.07) is 1.42. The van der Waals surface area contributed by atoms with Crippen LogP contribution in [0.1, 0.15) is 59.8 Å². The van der Waals surface area contributed by atoms with Gasteiger partial charge in [0.25, 0.3) is 0 Å². The molecule has 0 aromatic rings. The summed E-state index contributed by atoms with van der Waals surface area (Å²) in [5.41, 5.74) is 0.382. The van der Waals surface area contributed by atoms with Crippen molar-refractivity contribution >= 4 is 0 Å². The zero-order valence-corrected chi connectivity index (χ0v) is 12.8. The van der Waals surface area contributed by atoms with Gasteiger partial charge in [-0.15, -0.1) is 0 Å². The van der Waals surface area contributed by atoms with Crippen LogP contribution in [-0.4, -0.2) is 36.6 Å². The first-order valence-electron chi connectivity index (χ1n) is 7.98. The molecule has 2 atom stereocenters. The largest absolute Gasteiger partial charge is 0.311 e. The number of hydrogen-bond donors (Lipinski definition) is 1. The van der Waals surface area contributed by atoms with Crippen molar-refractivity contribution in [3.8, 4) is 0 Å². The molecule has 2 nitrogen and oxygen atoms in total. The van der Waals surface area contributed by atoms with Crippen LogP contribution in [0.3, 0.4) is 0 Å². The highest BCUT2D eigenvalue weighted by Gasteiger charge is 2.33. The molecule has 0 radical (unpaired) electrons. The van der Waals surface area contributed by atoms with E-state index in [0.29, 0.717) is 11.5 Å². The van der Waals surface area contributed by atoms with E-state index < -0.39 is 0 Å². The molecule has 0 aromatic carbocycles. The molecule has 0 bridgehead atoms. The van der Waals surface area contributed by atoms with Gasteiger partial charge in [0.15, 0.2) is 0 Å². The molecule has 2 aliphatic rings. The Bertz CT molecular complexity index is 252. The highest BCUT2D eigenvalue weighted by molar-refractivity contribution is 4.91. The lowest BCUT2D eigenvalue weighted by Gasteiger charge is -2.45. The predicted molar refractivity (Wildman–Crippen MR) is 78.9 cm³/mol. The standard InChI is InChI=1S/C16H32N2/c1-5-14-11-17-15(16(2,3)4)12-18(14)10-9-13-7-6-8-13/h13-15,17H,5-12H2,1-4H3. The van der Waals surface area contributed by atoms with Gasteiger partial charge >= 0.3 is 0 Å². The van der Waals surface area contributed by atoms with Gasteiger partial charge in [0, 0.05) is 25.2 Å². The molecule has 1 aliphatic carbocycles. The van der Waals surface area contributed by atoms with Crippen LogP contribution in [-0.2, 0) is 0 Å². The molecular weight excluding hydrogens is 220 g/mol. The monoisotopic (exact) mass is 252 g/mol. The fourth-order valence-electron chi connectivity index (χ4n) is 3.24. The average molecular weight is 252 g/mol. The Morgan fingerprint density at radius 3 is 2.44 bits per heavy atom. The third-order valence-corrected chi connectivity index (χ3v) is 5.10. The van der Waals surface area contributed by atoms with E-state index in [9.17, 15) is 0 Å². The van der Waals surface area contributed by atoms with Crippen LogP contribution in [0.25, 0.3) is 0 Å². The van der Waals surface area contributed by atoms with Crippen LogP contribution in [0.5, 0.6) is 0 Å². The summed E-state index contributed by atoms with van der Waals surface area (Å²) in [7, 11) is 0. The number of piperazine rings is 1. The van der Waals surface area contributed by atoms with E-state index in [2.05, 4.69) is 37.9 Å². The van der Waals surface area contributed by atoms with Crippen LogP contribution in [0.2, 0.25) is 0 Å². The van der Waals surface area contributed by atoms with Gasteiger partial charge in [-0.05, 0) is 30.7 Å². The van der Waals surface area contributed by atoms with Crippen molar-refractivity contribution < 1.29 is 0 Å². The molecule has 2 heteroatoms. The molecule has 0 spiro atoms. The second kappa shape index (κ2) is 5.92. The molecule has 2 unspecified atom stereocenters. The average Bonchev–Trinajstić information content (AvgIpc) is 2.25. The van der Waals surface area contributed by atoms with E-state index in [1.54, 1.807) is 0 Å². The van der Waals surface area contributed by atoms with Gasteiger partial charge in [0.2, 0.25) is 0 Å². The SMILES string of the molecule is CCC1CNC(C(C)(C)C)CN1CCC1CCC1. The summed E-state index contributed by atoms with van der Waals surface area (Å²) in [5.74, 6) is 1.05. The van der Waals surface area contributed by atoms with Crippen LogP contribution < -0.4 is 5.32 Å². The fraction of sp³-hybridized carbons (Fsp3) is 1.00. The summed E-state index contributed by atoms with van der Waals surface area (Å²) >= 11 is 0. The normalized spacial score (nSPS) is 31.3. The number of nitrogens with one attached hydrogen (secondary N) is 1. The van der Waals surface area contributed by atoms with Gasteiger partial charge in [0.1, 0.15) is 0 Å². The van der Waals surface area contributed by atoms with Crippen molar-refractivity contribution in [2.75, 3.05) is 19.6 Å². The Morgan fingerprint density at radius 2 is 1.94 bits per heavy atom. The quantitative estimate of drug-likeness (QED) is 0.826. The van der Waals surface area contributed by atoms with Crippen LogP contribution >= 0.6 is 0 Å². The number of rotatable bonds is 4. The maximum absolute atomic E-state index is 3.76. The second-order valence-electron chi connectivity index (χ2n) is 7.47. The Labute approximate surface area is 114 Å². The van der Waals surface area contributed by atoms with E-state index in [1.807, 2.05) is 0 Å². The highest BCUT2D eigenvalue weighted by Crippen LogP contribution is 2.31. The maximum Gasteiger partial charge on any atom is 0.0244 e. The molecule has 18 heavy (non-hydrogen) atoms. The molecule has 1 aliphatic heterocycles. The van der Waals surface area contributed by atoms with Crippen LogP contribution in [0, 0.1) is 11.3 Å². The van der Waals surface area contributed by atoms with Crippen molar-refractivity contribution in [3.63, 3.8) is 0 Å². The summed E-state index contributed by atoms with van der Waals surface area (Å²) in [6.45, 7) is 13.2. The molecule has 1 saturated carbocycles. The first-order chi connectivity index (χ1) is 8.50. The van der Waals surface area contributed by atoms with Gasteiger partial charge in [0.05, 0.1) is 0 Å². The minimum Gasteiger partial charge on any atom is -0.311 e. The number of hydrogen-bond acceptors (Lipinski definition) is 2. The molecule has 2 fully saturated rings. The highest BCUT2D eigenvalue weighted by atomic mass is 15.2. The Morgan fingerprint density at radius 1 is 1.22 bits per heavy atom. The summed E-state index contributed by atoms with van der Waals surface area (Å²) < 4.78 is 0. The lowest BCUT2D eigenvalue weighted by atomic mass is 9.82. The molecule has 1 saturated heterocycles. The van der Waals surface area contributed by atoms with Gasteiger partial charge in [-0.3, -0.25) is 4.90 Å². The first kappa shape index (κ1) is 14.3. The van der Waals surface area contributed by atoms with Gasteiger partial charge in [-0.25, -0.2) is 0 Å². The van der Waals surface area contributed by atoms with Crippen LogP contribution in [0.15, 0.2) is 0 Å². The minimum atomic E-state index is 0.382. The molecule has 1 N–H and O–H groups in total. The lowest BCUT2D eigenvalue weighted by molar-refractivity contribution is 0.0740. The van der Waals surface area contributed by atoms with Crippen LogP contribution in [0.4, 0.5) is 0 Å². The maximum atomic E-state index is 3.76. The minimum absolute atomic E-state index is 0.382. The Balaban J connectivity index is 1.85. The Kier molecular flexibility index (Phi) is 4.71. The molecule has 0 aromatic heterocycles. The van der Waals surface area contributed by atoms with Gasteiger partial charge in [-0.1, -0.05) is 47.0 Å². The van der Waals surface area contributed by atoms with Crippen molar-refractivity contribution in [2.45, 2.75) is 71.9 Å². The third kappa shape index (κ3) is 3.48. The van der Waals surface area contributed by atoms with Crippen molar-refractivity contribution in [1.29, 1.82) is 0 Å². The lowest BCUT2D eigenvalue weighted by Crippen LogP contribution is -2.60. The summed E-state index contributed by atoms with van der Waals surface area (Å²) in [6.07, 6.45) is 7.19. The molecule has 2 rings (SSSR count). The van der Waals surface area contributed by atoms with Crippen molar-refractivity contribution in [3.05, 3.63) is 0 Å². The van der Waals surface area contributed by atoms with Gasteiger partial charge in [-0.2, -0.15) is 0 Å². The van der Waals surface area contributed by atoms with Crippen molar-refractivity contribution in [2.24, 2.45) is 11.3 Å². The van der Waals surface area contributed by atoms with Gasteiger partial charge < -0.3 is 5.32 Å². The van der Waals surface area contributed by atoms with E-state index in [1.165, 1.54) is 51.7 Å². The summed E-state index contributed by atoms with van der Waals surface area (Å²) in [4.78, 5) is 2.77. The van der Waals surface area contributed by atoms with E-state index in [4.69, 9.17) is 0 Å². The zero-order chi connectivity index (χ0) is 13.2. The Hall–Kier alpha value is -0.0800.